The average Bonchev–Trinajstić information content (AvgIpc) is 3.55. The molecule has 2 fully saturated rings. The fraction of sp³-hybridized carbons (Fsp3) is 0.714. The summed E-state index contributed by atoms with van der Waals surface area (Å²) >= 11 is 0. The Morgan fingerprint density at radius 3 is 2.78 bits per heavy atom. The number of amides is 2. The van der Waals surface area contributed by atoms with Crippen LogP contribution in [0.5, 0.6) is 5.75 Å². The molecule has 0 saturated carbocycles. The standard InChI is InChI=1S/C28H43N3O5/c1-3-4-12-29(13-5-15-32)27(34)20-30-19-23(21-6-7-25-22(17-21)10-16-36-25)18-24(30)9-14-31-26(33)8-11-28(31,2)35/h6-7,17,23-24,32,35H,3-5,8-16,18-20H2,1-2H3/t23-,24+,28?/m1/s1. The van der Waals surface area contributed by atoms with Crippen LogP contribution in [-0.2, 0) is 16.0 Å². The minimum atomic E-state index is -1.09. The number of hydrogen-bond donors (Lipinski definition) is 2. The Bertz CT molecular complexity index is 912. The summed E-state index contributed by atoms with van der Waals surface area (Å²) in [5.74, 6) is 1.40. The van der Waals surface area contributed by atoms with E-state index < -0.39 is 5.72 Å². The van der Waals surface area contributed by atoms with Crippen LogP contribution in [0.3, 0.4) is 0 Å². The quantitative estimate of drug-likeness (QED) is 0.457. The molecule has 2 amide bonds. The van der Waals surface area contributed by atoms with Crippen LogP contribution in [0.15, 0.2) is 18.2 Å². The van der Waals surface area contributed by atoms with Gasteiger partial charge in [0.15, 0.2) is 0 Å². The molecule has 36 heavy (non-hydrogen) atoms. The maximum atomic E-state index is 13.4. The average molecular weight is 502 g/mol. The normalized spacial score (nSPS) is 25.9. The topological polar surface area (TPSA) is 93.6 Å². The van der Waals surface area contributed by atoms with E-state index in [1.54, 1.807) is 11.8 Å². The molecule has 1 aromatic rings. The number of carbonyl (C=O) groups is 2. The van der Waals surface area contributed by atoms with Gasteiger partial charge >= 0.3 is 0 Å². The van der Waals surface area contributed by atoms with E-state index in [2.05, 4.69) is 30.0 Å². The van der Waals surface area contributed by atoms with E-state index in [1.165, 1.54) is 11.1 Å². The minimum absolute atomic E-state index is 0.00513. The lowest BCUT2D eigenvalue weighted by Gasteiger charge is -2.33. The Kier molecular flexibility index (Phi) is 8.91. The van der Waals surface area contributed by atoms with Gasteiger partial charge in [-0.3, -0.25) is 14.5 Å². The summed E-state index contributed by atoms with van der Waals surface area (Å²) in [5.41, 5.74) is 1.45. The Balaban J connectivity index is 1.47. The maximum Gasteiger partial charge on any atom is 0.236 e. The molecular formula is C28H43N3O5. The van der Waals surface area contributed by atoms with Gasteiger partial charge in [0.2, 0.25) is 11.8 Å². The molecule has 1 aromatic carbocycles. The SMILES string of the molecule is CCCCN(CCCO)C(=O)CN1C[C@H](c2ccc3c(c2)CCO3)C[C@@H]1CCN1C(=O)CCC1(C)O. The highest BCUT2D eigenvalue weighted by atomic mass is 16.5. The van der Waals surface area contributed by atoms with E-state index in [1.807, 2.05) is 4.90 Å². The Morgan fingerprint density at radius 1 is 1.25 bits per heavy atom. The summed E-state index contributed by atoms with van der Waals surface area (Å²) in [4.78, 5) is 31.5. The van der Waals surface area contributed by atoms with Crippen molar-refractivity contribution in [3.63, 3.8) is 0 Å². The Morgan fingerprint density at radius 2 is 2.06 bits per heavy atom. The zero-order valence-corrected chi connectivity index (χ0v) is 22.0. The Labute approximate surface area is 215 Å². The van der Waals surface area contributed by atoms with Crippen molar-refractivity contribution in [2.45, 2.75) is 82.9 Å². The van der Waals surface area contributed by atoms with Crippen molar-refractivity contribution in [3.8, 4) is 5.75 Å². The molecule has 3 aliphatic heterocycles. The van der Waals surface area contributed by atoms with Crippen molar-refractivity contribution in [2.24, 2.45) is 0 Å². The Hall–Kier alpha value is -2.16. The zero-order chi connectivity index (χ0) is 25.7. The number of hydrogen-bond acceptors (Lipinski definition) is 6. The van der Waals surface area contributed by atoms with Crippen molar-refractivity contribution >= 4 is 11.8 Å². The molecule has 0 aliphatic carbocycles. The summed E-state index contributed by atoms with van der Waals surface area (Å²) in [6, 6.07) is 6.64. The van der Waals surface area contributed by atoms with Crippen LogP contribution in [0.1, 0.15) is 75.8 Å². The van der Waals surface area contributed by atoms with Crippen molar-refractivity contribution in [2.75, 3.05) is 45.9 Å². The lowest BCUT2D eigenvalue weighted by Crippen LogP contribution is -2.47. The van der Waals surface area contributed by atoms with Crippen molar-refractivity contribution in [1.82, 2.24) is 14.7 Å². The van der Waals surface area contributed by atoms with Crippen molar-refractivity contribution in [3.05, 3.63) is 29.3 Å². The number of likely N-dealkylation sites (tertiary alicyclic amines) is 2. The third-order valence-electron chi connectivity index (χ3n) is 8.15. The molecule has 2 saturated heterocycles. The number of aliphatic hydroxyl groups is 2. The summed E-state index contributed by atoms with van der Waals surface area (Å²) in [7, 11) is 0. The molecule has 1 unspecified atom stereocenters. The highest BCUT2D eigenvalue weighted by molar-refractivity contribution is 5.79. The molecule has 4 rings (SSSR count). The highest BCUT2D eigenvalue weighted by Crippen LogP contribution is 2.37. The van der Waals surface area contributed by atoms with Gasteiger partial charge in [0.1, 0.15) is 11.5 Å². The van der Waals surface area contributed by atoms with Gasteiger partial charge in [-0.15, -0.1) is 0 Å². The first-order valence-corrected chi connectivity index (χ1v) is 13.7. The van der Waals surface area contributed by atoms with E-state index in [0.717, 1.165) is 51.0 Å². The van der Waals surface area contributed by atoms with Gasteiger partial charge in [-0.2, -0.15) is 0 Å². The lowest BCUT2D eigenvalue weighted by atomic mass is 9.93. The molecule has 3 aliphatic rings. The molecule has 0 spiro atoms. The van der Waals surface area contributed by atoms with Crippen molar-refractivity contribution < 1.29 is 24.5 Å². The summed E-state index contributed by atoms with van der Waals surface area (Å²) in [5, 5.41) is 20.0. The number of ether oxygens (including phenoxy) is 1. The summed E-state index contributed by atoms with van der Waals surface area (Å²) in [6.45, 7) is 7.57. The third-order valence-corrected chi connectivity index (χ3v) is 8.15. The molecular weight excluding hydrogens is 458 g/mol. The second kappa shape index (κ2) is 11.9. The molecule has 200 valence electrons. The molecule has 0 aromatic heterocycles. The zero-order valence-electron chi connectivity index (χ0n) is 22.0. The fourth-order valence-electron chi connectivity index (χ4n) is 5.95. The van der Waals surface area contributed by atoms with E-state index in [-0.39, 0.29) is 24.5 Å². The van der Waals surface area contributed by atoms with Gasteiger partial charge in [-0.25, -0.2) is 0 Å². The van der Waals surface area contributed by atoms with Crippen LogP contribution in [0.25, 0.3) is 0 Å². The van der Waals surface area contributed by atoms with Crippen LogP contribution in [-0.4, -0.2) is 94.4 Å². The first kappa shape index (κ1) is 26.9. The van der Waals surface area contributed by atoms with E-state index in [9.17, 15) is 19.8 Å². The number of nitrogens with zero attached hydrogens (tertiary/aromatic N) is 3. The van der Waals surface area contributed by atoms with E-state index in [0.29, 0.717) is 51.4 Å². The molecule has 8 nitrogen and oxygen atoms in total. The first-order chi connectivity index (χ1) is 17.3. The van der Waals surface area contributed by atoms with Crippen LogP contribution < -0.4 is 4.74 Å². The number of rotatable bonds is 12. The van der Waals surface area contributed by atoms with Gasteiger partial charge < -0.3 is 24.7 Å². The largest absolute Gasteiger partial charge is 0.493 e. The fourth-order valence-corrected chi connectivity index (χ4v) is 5.95. The van der Waals surface area contributed by atoms with Gasteiger partial charge in [-0.1, -0.05) is 25.5 Å². The predicted molar refractivity (Wildman–Crippen MR) is 138 cm³/mol. The van der Waals surface area contributed by atoms with Gasteiger partial charge in [0.25, 0.3) is 0 Å². The predicted octanol–water partition coefficient (Wildman–Crippen LogP) is 2.51. The molecule has 8 heteroatoms. The van der Waals surface area contributed by atoms with Gasteiger partial charge in [-0.05, 0) is 55.7 Å². The lowest BCUT2D eigenvalue weighted by molar-refractivity contribution is -0.143. The number of aliphatic hydroxyl groups excluding tert-OH is 1. The second-order valence-electron chi connectivity index (χ2n) is 10.8. The number of fused-ring (bicyclic) bond motifs is 1. The molecule has 2 N–H and O–H groups in total. The highest BCUT2D eigenvalue weighted by Gasteiger charge is 2.41. The van der Waals surface area contributed by atoms with Gasteiger partial charge in [0.05, 0.1) is 13.2 Å². The van der Waals surface area contributed by atoms with Crippen LogP contribution in [0.4, 0.5) is 0 Å². The van der Waals surface area contributed by atoms with Crippen LogP contribution >= 0.6 is 0 Å². The summed E-state index contributed by atoms with van der Waals surface area (Å²) < 4.78 is 5.69. The molecule has 3 heterocycles. The van der Waals surface area contributed by atoms with Gasteiger partial charge in [0, 0.05) is 58.1 Å². The molecule has 0 bridgehead atoms. The summed E-state index contributed by atoms with van der Waals surface area (Å²) in [6.07, 6.45) is 5.99. The van der Waals surface area contributed by atoms with Crippen LogP contribution in [0.2, 0.25) is 0 Å². The maximum absolute atomic E-state index is 13.4. The van der Waals surface area contributed by atoms with E-state index in [4.69, 9.17) is 4.74 Å². The monoisotopic (exact) mass is 501 g/mol. The number of benzene rings is 1. The third kappa shape index (κ3) is 6.21. The van der Waals surface area contributed by atoms with Crippen LogP contribution in [0, 0.1) is 0 Å². The van der Waals surface area contributed by atoms with Crippen molar-refractivity contribution in [1.29, 1.82) is 0 Å². The van der Waals surface area contributed by atoms with E-state index >= 15 is 0 Å². The molecule has 0 radical (unpaired) electrons. The number of carbonyl (C=O) groups excluding carboxylic acids is 2. The smallest absolute Gasteiger partial charge is 0.236 e. The second-order valence-corrected chi connectivity index (χ2v) is 10.8. The number of unbranched alkanes of at least 4 members (excludes halogenated alkanes) is 1. The minimum Gasteiger partial charge on any atom is -0.493 e. The first-order valence-electron chi connectivity index (χ1n) is 13.7. The molecule has 3 atom stereocenters.